The van der Waals surface area contributed by atoms with Gasteiger partial charge in [-0.15, -0.1) is 0 Å². The van der Waals surface area contributed by atoms with Crippen LogP contribution in [0.2, 0.25) is 0 Å². The van der Waals surface area contributed by atoms with Crippen molar-refractivity contribution >= 4 is 11.8 Å². The molecule has 1 aromatic rings. The van der Waals surface area contributed by atoms with E-state index < -0.39 is 11.7 Å². The van der Waals surface area contributed by atoms with E-state index in [4.69, 9.17) is 0 Å². The molecule has 2 fully saturated rings. The Balaban J connectivity index is 1.76. The van der Waals surface area contributed by atoms with Gasteiger partial charge in [0.05, 0.1) is 5.56 Å². The molecular formula is C18H21F3N2O2. The Morgan fingerprint density at radius 2 is 1.80 bits per heavy atom. The molecule has 0 aliphatic carbocycles. The standard InChI is InChI=1S/C18H21F3N2O2/c1-13(24)22-9-7-17(11-22)6-3-8-23(12-17)16(25)14-4-2-5-15(10-14)18(19,20)21/h2,4-5,10H,3,6-9,11-12H2,1H3. The van der Waals surface area contributed by atoms with Gasteiger partial charge in [0, 0.05) is 44.1 Å². The summed E-state index contributed by atoms with van der Waals surface area (Å²) in [7, 11) is 0. The average molecular weight is 354 g/mol. The van der Waals surface area contributed by atoms with Gasteiger partial charge in [0.1, 0.15) is 0 Å². The van der Waals surface area contributed by atoms with Crippen molar-refractivity contribution in [2.45, 2.75) is 32.4 Å². The second-order valence-corrected chi connectivity index (χ2v) is 7.10. The number of nitrogens with zero attached hydrogens (tertiary/aromatic N) is 2. The minimum absolute atomic E-state index is 0.0261. The van der Waals surface area contributed by atoms with Crippen LogP contribution in [0.15, 0.2) is 24.3 Å². The van der Waals surface area contributed by atoms with Crippen molar-refractivity contribution in [3.05, 3.63) is 35.4 Å². The van der Waals surface area contributed by atoms with Crippen molar-refractivity contribution in [1.82, 2.24) is 9.80 Å². The van der Waals surface area contributed by atoms with E-state index in [1.54, 1.807) is 9.80 Å². The molecule has 136 valence electrons. The van der Waals surface area contributed by atoms with Crippen LogP contribution in [-0.4, -0.2) is 47.8 Å². The number of carbonyl (C=O) groups is 2. The molecule has 1 atom stereocenters. The molecule has 1 spiro atoms. The van der Waals surface area contributed by atoms with E-state index in [1.165, 1.54) is 19.1 Å². The predicted molar refractivity (Wildman–Crippen MR) is 85.9 cm³/mol. The number of alkyl halides is 3. The highest BCUT2D eigenvalue weighted by Crippen LogP contribution is 2.39. The Labute approximate surface area is 144 Å². The third kappa shape index (κ3) is 3.65. The molecule has 25 heavy (non-hydrogen) atoms. The Morgan fingerprint density at radius 1 is 1.08 bits per heavy atom. The van der Waals surface area contributed by atoms with Gasteiger partial charge in [0.2, 0.25) is 5.91 Å². The number of amides is 2. The lowest BCUT2D eigenvalue weighted by Gasteiger charge is -2.40. The summed E-state index contributed by atoms with van der Waals surface area (Å²) in [6.45, 7) is 3.87. The van der Waals surface area contributed by atoms with Gasteiger partial charge >= 0.3 is 6.18 Å². The molecule has 2 heterocycles. The fraction of sp³-hybridized carbons (Fsp3) is 0.556. The molecule has 3 rings (SSSR count). The third-order valence-electron chi connectivity index (χ3n) is 5.27. The van der Waals surface area contributed by atoms with E-state index in [2.05, 4.69) is 0 Å². The van der Waals surface area contributed by atoms with Crippen molar-refractivity contribution in [3.63, 3.8) is 0 Å². The van der Waals surface area contributed by atoms with Crippen molar-refractivity contribution in [3.8, 4) is 0 Å². The third-order valence-corrected chi connectivity index (χ3v) is 5.27. The average Bonchev–Trinajstić information content (AvgIpc) is 2.97. The summed E-state index contributed by atoms with van der Waals surface area (Å²) in [5.41, 5.74) is -0.872. The smallest absolute Gasteiger partial charge is 0.342 e. The van der Waals surface area contributed by atoms with E-state index in [-0.39, 0.29) is 22.8 Å². The molecule has 2 amide bonds. The lowest BCUT2D eigenvalue weighted by molar-refractivity contribution is -0.137. The lowest BCUT2D eigenvalue weighted by Crippen LogP contribution is -2.47. The maximum Gasteiger partial charge on any atom is 0.416 e. The van der Waals surface area contributed by atoms with Gasteiger partial charge in [-0.2, -0.15) is 13.2 Å². The Bertz CT molecular complexity index is 689. The number of carbonyl (C=O) groups excluding carboxylic acids is 2. The van der Waals surface area contributed by atoms with E-state index in [1.807, 2.05) is 0 Å². The molecule has 0 aromatic heterocycles. The number of hydrogen-bond donors (Lipinski definition) is 0. The SMILES string of the molecule is CC(=O)N1CCC2(CCCN(C(=O)c3cccc(C(F)(F)F)c3)C2)C1. The highest BCUT2D eigenvalue weighted by Gasteiger charge is 2.43. The first-order valence-corrected chi connectivity index (χ1v) is 8.42. The van der Waals surface area contributed by atoms with Gasteiger partial charge in [0.15, 0.2) is 0 Å². The Kier molecular flexibility index (Phi) is 4.51. The van der Waals surface area contributed by atoms with Gasteiger partial charge in [-0.05, 0) is 37.5 Å². The monoisotopic (exact) mass is 354 g/mol. The molecule has 0 N–H and O–H groups in total. The number of halogens is 3. The fourth-order valence-corrected chi connectivity index (χ4v) is 3.93. The summed E-state index contributed by atoms with van der Waals surface area (Å²) in [5, 5.41) is 0. The molecule has 7 heteroatoms. The van der Waals surface area contributed by atoms with Crippen LogP contribution in [0, 0.1) is 5.41 Å². The molecule has 2 aliphatic rings. The number of piperidine rings is 1. The quantitative estimate of drug-likeness (QED) is 0.777. The van der Waals surface area contributed by atoms with Crippen LogP contribution >= 0.6 is 0 Å². The summed E-state index contributed by atoms with van der Waals surface area (Å²) >= 11 is 0. The summed E-state index contributed by atoms with van der Waals surface area (Å²) < 4.78 is 38.6. The minimum Gasteiger partial charge on any atom is -0.342 e. The maximum atomic E-state index is 12.9. The number of hydrogen-bond acceptors (Lipinski definition) is 2. The van der Waals surface area contributed by atoms with Gasteiger partial charge in [0.25, 0.3) is 5.91 Å². The molecule has 0 saturated carbocycles. The molecule has 1 unspecified atom stereocenters. The first kappa shape index (κ1) is 17.8. The zero-order valence-corrected chi connectivity index (χ0v) is 14.1. The molecule has 4 nitrogen and oxygen atoms in total. The molecule has 2 saturated heterocycles. The second kappa shape index (κ2) is 6.35. The van der Waals surface area contributed by atoms with Crippen LogP contribution in [0.5, 0.6) is 0 Å². The maximum absolute atomic E-state index is 12.9. The van der Waals surface area contributed by atoms with Crippen LogP contribution < -0.4 is 0 Å². The van der Waals surface area contributed by atoms with Crippen molar-refractivity contribution in [2.75, 3.05) is 26.2 Å². The predicted octanol–water partition coefficient (Wildman–Crippen LogP) is 3.18. The Morgan fingerprint density at radius 3 is 2.44 bits per heavy atom. The van der Waals surface area contributed by atoms with Gasteiger partial charge < -0.3 is 9.80 Å². The van der Waals surface area contributed by atoms with Crippen LogP contribution in [0.3, 0.4) is 0 Å². The van der Waals surface area contributed by atoms with Crippen LogP contribution in [0.4, 0.5) is 13.2 Å². The van der Waals surface area contributed by atoms with Crippen LogP contribution in [0.1, 0.15) is 42.1 Å². The largest absolute Gasteiger partial charge is 0.416 e. The van der Waals surface area contributed by atoms with Gasteiger partial charge in [-0.25, -0.2) is 0 Å². The van der Waals surface area contributed by atoms with Gasteiger partial charge in [-0.1, -0.05) is 6.07 Å². The molecular weight excluding hydrogens is 333 g/mol. The lowest BCUT2D eigenvalue weighted by atomic mass is 9.79. The summed E-state index contributed by atoms with van der Waals surface area (Å²) in [6.07, 6.45) is -1.90. The van der Waals surface area contributed by atoms with E-state index >= 15 is 0 Å². The topological polar surface area (TPSA) is 40.6 Å². The van der Waals surface area contributed by atoms with E-state index in [0.717, 1.165) is 31.4 Å². The molecule has 0 bridgehead atoms. The zero-order valence-electron chi connectivity index (χ0n) is 14.1. The van der Waals surface area contributed by atoms with Crippen LogP contribution in [-0.2, 0) is 11.0 Å². The van der Waals surface area contributed by atoms with E-state index in [9.17, 15) is 22.8 Å². The first-order valence-electron chi connectivity index (χ1n) is 8.42. The first-order chi connectivity index (χ1) is 11.7. The molecule has 1 aromatic carbocycles. The fourth-order valence-electron chi connectivity index (χ4n) is 3.93. The molecule has 2 aliphatic heterocycles. The highest BCUT2D eigenvalue weighted by molar-refractivity contribution is 5.94. The highest BCUT2D eigenvalue weighted by atomic mass is 19.4. The summed E-state index contributed by atoms with van der Waals surface area (Å²) in [6, 6.07) is 4.58. The van der Waals surface area contributed by atoms with Crippen molar-refractivity contribution in [2.24, 2.45) is 5.41 Å². The normalized spacial score (nSPS) is 24.0. The minimum atomic E-state index is -4.47. The van der Waals surface area contributed by atoms with Crippen LogP contribution in [0.25, 0.3) is 0 Å². The molecule has 0 radical (unpaired) electrons. The van der Waals surface area contributed by atoms with Crippen molar-refractivity contribution in [1.29, 1.82) is 0 Å². The number of likely N-dealkylation sites (tertiary alicyclic amines) is 2. The summed E-state index contributed by atoms with van der Waals surface area (Å²) in [4.78, 5) is 27.7. The zero-order chi connectivity index (χ0) is 18.2. The van der Waals surface area contributed by atoms with Crippen molar-refractivity contribution < 1.29 is 22.8 Å². The van der Waals surface area contributed by atoms with Gasteiger partial charge in [-0.3, -0.25) is 9.59 Å². The summed E-state index contributed by atoms with van der Waals surface area (Å²) in [5.74, 6) is -0.343. The number of rotatable bonds is 1. The Hall–Kier alpha value is -2.05. The van der Waals surface area contributed by atoms with E-state index in [0.29, 0.717) is 26.2 Å². The number of benzene rings is 1. The second-order valence-electron chi connectivity index (χ2n) is 7.10.